The predicted molar refractivity (Wildman–Crippen MR) is 282 cm³/mol. The Morgan fingerprint density at radius 2 is 0.905 bits per heavy atom. The average molecular weight is 1120 g/mol. The first-order valence-electron chi connectivity index (χ1n) is 27.6. The van der Waals surface area contributed by atoms with Crippen LogP contribution in [-0.4, -0.2) is 146 Å². The van der Waals surface area contributed by atoms with Crippen molar-refractivity contribution in [1.29, 1.82) is 0 Å². The summed E-state index contributed by atoms with van der Waals surface area (Å²) in [6.07, 6.45) is 22.2. The molecule has 6 N–H and O–H groups in total. The zero-order valence-corrected chi connectivity index (χ0v) is 45.9. The van der Waals surface area contributed by atoms with Gasteiger partial charge in [-0.1, -0.05) is 106 Å². The van der Waals surface area contributed by atoms with Gasteiger partial charge in [-0.3, -0.25) is 43.2 Å². The molecule has 20 heteroatoms. The van der Waals surface area contributed by atoms with Gasteiger partial charge in [-0.15, -0.1) is 0 Å². The van der Waals surface area contributed by atoms with Crippen molar-refractivity contribution in [2.45, 2.75) is 186 Å². The van der Waals surface area contributed by atoms with Crippen LogP contribution < -0.4 is 16.0 Å². The topological polar surface area (TPSA) is 287 Å². The summed E-state index contributed by atoms with van der Waals surface area (Å²) in [5.74, 6) is -5.42. The number of ether oxygens (including phenoxy) is 4. The second-order valence-electron chi connectivity index (χ2n) is 19.7. The summed E-state index contributed by atoms with van der Waals surface area (Å²) < 4.78 is 21.4. The third-order valence-corrected chi connectivity index (χ3v) is 13.9. The Bertz CT molecular complexity index is 1590. The maximum Gasteiger partial charge on any atom is 0.306 e. The molecule has 0 aromatic carbocycles. The number of carboxylic acids is 3. The number of hydrogen-bond donors (Lipinski definition) is 6. The maximum atomic E-state index is 13.1. The van der Waals surface area contributed by atoms with Crippen molar-refractivity contribution in [2.75, 3.05) is 77.8 Å². The van der Waals surface area contributed by atoms with Crippen LogP contribution >= 0.6 is 15.9 Å². The molecule has 1 saturated carbocycles. The Hall–Kier alpha value is -3.85. The van der Waals surface area contributed by atoms with Gasteiger partial charge < -0.3 is 50.2 Å². The fourth-order valence-electron chi connectivity index (χ4n) is 8.80. The molecule has 0 spiro atoms. The van der Waals surface area contributed by atoms with E-state index >= 15 is 0 Å². The Labute approximate surface area is 448 Å². The second kappa shape index (κ2) is 46.5. The van der Waals surface area contributed by atoms with E-state index in [-0.39, 0.29) is 139 Å². The highest BCUT2D eigenvalue weighted by Gasteiger charge is 2.30. The molecule has 0 radical (unpaired) electrons. The molecule has 19 nitrogen and oxygen atoms in total. The fourth-order valence-corrected chi connectivity index (χ4v) is 9.08. The van der Waals surface area contributed by atoms with Gasteiger partial charge in [0.25, 0.3) is 0 Å². The van der Waals surface area contributed by atoms with Crippen LogP contribution in [0.5, 0.6) is 0 Å². The van der Waals surface area contributed by atoms with Crippen molar-refractivity contribution in [1.82, 2.24) is 16.0 Å². The quantitative estimate of drug-likeness (QED) is 0.0253. The lowest BCUT2D eigenvalue weighted by molar-refractivity contribution is -0.145. The maximum absolute atomic E-state index is 13.1. The summed E-state index contributed by atoms with van der Waals surface area (Å²) in [5.41, 5.74) is 0. The number of carbonyl (C=O) groups excluding carboxylic acids is 6. The zero-order chi connectivity index (χ0) is 54.4. The summed E-state index contributed by atoms with van der Waals surface area (Å²) in [5, 5.41) is 36.6. The van der Waals surface area contributed by atoms with E-state index in [1.54, 1.807) is 0 Å². The summed E-state index contributed by atoms with van der Waals surface area (Å²) >= 11 is 3.11. The van der Waals surface area contributed by atoms with Gasteiger partial charge in [0.2, 0.25) is 17.7 Å². The van der Waals surface area contributed by atoms with Crippen LogP contribution in [0.15, 0.2) is 0 Å². The molecule has 2 atom stereocenters. The Kier molecular flexibility index (Phi) is 42.8. The van der Waals surface area contributed by atoms with Gasteiger partial charge in [0, 0.05) is 64.1 Å². The van der Waals surface area contributed by atoms with E-state index in [2.05, 4.69) is 31.9 Å². The van der Waals surface area contributed by atoms with Crippen molar-refractivity contribution >= 4 is 68.9 Å². The molecule has 0 bridgehead atoms. The number of hydrogen-bond acceptors (Lipinski definition) is 13. The number of carbonyl (C=O) groups is 9. The van der Waals surface area contributed by atoms with Crippen LogP contribution in [0.2, 0.25) is 0 Å². The van der Waals surface area contributed by atoms with Crippen LogP contribution in [0.25, 0.3) is 0 Å². The molecule has 426 valence electrons. The van der Waals surface area contributed by atoms with Crippen molar-refractivity contribution < 1.29 is 77.4 Å². The summed E-state index contributed by atoms with van der Waals surface area (Å²) in [6.45, 7) is 1.61. The SMILES string of the molecule is O=C(O)CCCCCCCCCCCCCCCCC(=O)NCC1CCC(C(=O)C[C@@H](CCC(=O)NCCOCCOCC(=O)NCCOCCOCC(=O)C[C@@H](CCCCCC(=O)CBr)C(=O)O)C(=O)O)CC1. The number of nitrogens with one attached hydrogen (secondary N) is 3. The van der Waals surface area contributed by atoms with Crippen LogP contribution in [0.4, 0.5) is 0 Å². The first-order valence-corrected chi connectivity index (χ1v) is 28.7. The molecule has 0 aliphatic heterocycles. The van der Waals surface area contributed by atoms with Gasteiger partial charge in [-0.2, -0.15) is 0 Å². The summed E-state index contributed by atoms with van der Waals surface area (Å²) in [6, 6.07) is 0. The number of carboxylic acid groups (broad SMARTS) is 3. The Balaban J connectivity index is 2.01. The number of unbranched alkanes of at least 4 members (excludes halogenated alkanes) is 15. The van der Waals surface area contributed by atoms with E-state index in [0.717, 1.165) is 57.8 Å². The molecule has 0 aromatic rings. The third-order valence-electron chi connectivity index (χ3n) is 13.3. The highest BCUT2D eigenvalue weighted by molar-refractivity contribution is 9.09. The molecular formula is C54H92BrN3O16. The van der Waals surface area contributed by atoms with E-state index < -0.39 is 29.7 Å². The zero-order valence-electron chi connectivity index (χ0n) is 44.3. The van der Waals surface area contributed by atoms with Gasteiger partial charge in [0.1, 0.15) is 24.8 Å². The molecule has 1 aliphatic rings. The number of halogens is 1. The second-order valence-corrected chi connectivity index (χ2v) is 20.2. The van der Waals surface area contributed by atoms with E-state index in [9.17, 15) is 53.4 Å². The number of amides is 3. The number of aliphatic carboxylic acids is 3. The minimum Gasteiger partial charge on any atom is -0.481 e. The molecule has 3 amide bonds. The largest absolute Gasteiger partial charge is 0.481 e. The monoisotopic (exact) mass is 1120 g/mol. The predicted octanol–water partition coefficient (Wildman–Crippen LogP) is 7.55. The molecule has 1 fully saturated rings. The van der Waals surface area contributed by atoms with Crippen molar-refractivity contribution in [3.8, 4) is 0 Å². The van der Waals surface area contributed by atoms with E-state index in [0.29, 0.717) is 62.7 Å². The minimum absolute atomic E-state index is 0.0414. The average Bonchev–Trinajstić information content (AvgIpc) is 3.37. The molecule has 0 saturated heterocycles. The molecule has 0 unspecified atom stereocenters. The van der Waals surface area contributed by atoms with Crippen LogP contribution in [-0.2, 0) is 62.1 Å². The van der Waals surface area contributed by atoms with E-state index in [1.807, 2.05) is 0 Å². The normalized spacial score (nSPS) is 15.2. The van der Waals surface area contributed by atoms with Crippen LogP contribution in [0, 0.1) is 23.7 Å². The highest BCUT2D eigenvalue weighted by Crippen LogP contribution is 2.31. The number of ketones is 3. The molecule has 1 rings (SSSR count). The minimum atomic E-state index is -1.10. The molecule has 1 aliphatic carbocycles. The van der Waals surface area contributed by atoms with Crippen LogP contribution in [0.1, 0.15) is 186 Å². The van der Waals surface area contributed by atoms with E-state index in [4.69, 9.17) is 24.1 Å². The van der Waals surface area contributed by atoms with Crippen LogP contribution in [0.3, 0.4) is 0 Å². The van der Waals surface area contributed by atoms with Gasteiger partial charge in [-0.25, -0.2) is 0 Å². The van der Waals surface area contributed by atoms with E-state index in [1.165, 1.54) is 51.4 Å². The smallest absolute Gasteiger partial charge is 0.306 e. The molecule has 74 heavy (non-hydrogen) atoms. The Morgan fingerprint density at radius 1 is 0.446 bits per heavy atom. The van der Waals surface area contributed by atoms with Gasteiger partial charge in [0.05, 0.1) is 56.8 Å². The van der Waals surface area contributed by atoms with Gasteiger partial charge >= 0.3 is 17.9 Å². The first-order chi connectivity index (χ1) is 35.7. The van der Waals surface area contributed by atoms with Crippen molar-refractivity contribution in [2.24, 2.45) is 23.7 Å². The number of Topliss-reactive ketones (excluding diaryl/α,β-unsaturated/α-hetero) is 3. The first kappa shape index (κ1) is 68.2. The molecular weight excluding hydrogens is 1030 g/mol. The summed E-state index contributed by atoms with van der Waals surface area (Å²) in [7, 11) is 0. The lowest BCUT2D eigenvalue weighted by Gasteiger charge is -2.28. The fraction of sp³-hybridized carbons (Fsp3) is 0.833. The lowest BCUT2D eigenvalue weighted by atomic mass is 9.78. The standard InChI is InChI=1S/C54H92BrN3O16/c55-38-46(59)19-15-13-14-18-44(53(67)68)36-47(60)40-73-34-32-72-31-29-57-51(64)41-74-35-33-71-30-28-56-50(63)27-26-45(54(69)70)37-48(61)43-24-22-42(23-25-43)39-58-49(62)20-16-11-9-7-5-3-1-2-4-6-8-10-12-17-21-52(65)66/h42-45H,1-41H2,(H,56,63)(H,57,64)(H,58,62)(H,65,66)(H,67,68)(H,69,70)/t42?,43?,44-,45-/m1/s1. The lowest BCUT2D eigenvalue weighted by Crippen LogP contribution is -2.33. The molecule has 0 aromatic heterocycles. The highest BCUT2D eigenvalue weighted by atomic mass is 79.9. The molecule has 0 heterocycles. The third kappa shape index (κ3) is 40.5. The summed E-state index contributed by atoms with van der Waals surface area (Å²) in [4.78, 5) is 108. The number of rotatable bonds is 52. The van der Waals surface area contributed by atoms with Gasteiger partial charge in [-0.05, 0) is 63.7 Å². The number of alkyl halides is 1. The van der Waals surface area contributed by atoms with Crippen molar-refractivity contribution in [3.63, 3.8) is 0 Å². The van der Waals surface area contributed by atoms with Crippen molar-refractivity contribution in [3.05, 3.63) is 0 Å². The Morgan fingerprint density at radius 3 is 1.45 bits per heavy atom. The van der Waals surface area contributed by atoms with Gasteiger partial charge in [0.15, 0.2) is 5.78 Å².